The van der Waals surface area contributed by atoms with E-state index in [0.29, 0.717) is 0 Å². The van der Waals surface area contributed by atoms with Crippen LogP contribution in [0.15, 0.2) is 0 Å². The van der Waals surface area contributed by atoms with E-state index < -0.39 is 0 Å². The molecule has 0 atom stereocenters. The molecule has 0 amide bonds. The van der Waals surface area contributed by atoms with Gasteiger partial charge < -0.3 is 39.9 Å². The van der Waals surface area contributed by atoms with Crippen LogP contribution < -0.4 is 24.0 Å². The molecule has 1 aliphatic carbocycles. The van der Waals surface area contributed by atoms with Gasteiger partial charge in [0.25, 0.3) is 0 Å². The van der Waals surface area contributed by atoms with Crippen molar-refractivity contribution in [2.75, 3.05) is 13.2 Å². The van der Waals surface area contributed by atoms with Gasteiger partial charge in [0.05, 0.1) is 13.2 Å². The summed E-state index contributed by atoms with van der Waals surface area (Å²) in [6.45, 7) is 1.58. The van der Waals surface area contributed by atoms with Gasteiger partial charge in [-0.25, -0.2) is 0 Å². The molecule has 0 aromatic carbocycles. The Kier molecular flexibility index (Phi) is 6.52. The smallest absolute Gasteiger partial charge is 1.00 e. The number of hydrogen-bond acceptors (Lipinski definition) is 2. The van der Waals surface area contributed by atoms with Crippen LogP contribution in [0, 0.1) is 6.42 Å². The van der Waals surface area contributed by atoms with Crippen LogP contribution in [-0.4, -0.2) is 19.0 Å². The van der Waals surface area contributed by atoms with Crippen molar-refractivity contribution in [3.63, 3.8) is 0 Å². The largest absolute Gasteiger partial charge is 2.00 e. The Morgan fingerprint density at radius 1 is 1.00 bits per heavy atom. The predicted molar refractivity (Wildman–Crippen MR) is 37.4 cm³/mol. The van der Waals surface area contributed by atoms with E-state index in [4.69, 9.17) is 9.47 Å². The monoisotopic (exact) mass is 332 g/mol. The van der Waals surface area contributed by atoms with Gasteiger partial charge in [0, 0.05) is 0 Å². The zero-order valence-corrected chi connectivity index (χ0v) is 12.3. The second-order valence-corrected chi connectivity index (χ2v) is 2.97. The SMILES string of the molecule is [CH-]1CCC2(CC1)OCCO2.[I-].[Zn+2]. The molecule has 0 unspecified atom stereocenters. The van der Waals surface area contributed by atoms with Gasteiger partial charge in [-0.2, -0.15) is 12.8 Å². The summed E-state index contributed by atoms with van der Waals surface area (Å²) < 4.78 is 11.1. The van der Waals surface area contributed by atoms with E-state index in [1.54, 1.807) is 0 Å². The molecular formula is C8H13IO2Zn. The van der Waals surface area contributed by atoms with Gasteiger partial charge in [-0.15, -0.1) is 0 Å². The zero-order chi connectivity index (χ0) is 6.86. The van der Waals surface area contributed by atoms with Crippen molar-refractivity contribution in [1.29, 1.82) is 0 Å². The standard InChI is InChI=1S/C8H13O2.HI.Zn/c1-2-4-8(5-3-1)9-6-7-10-8;;/h1H,2-7H2;1H;/q-1;;+2/p-1. The van der Waals surface area contributed by atoms with E-state index in [-0.39, 0.29) is 49.2 Å². The fourth-order valence-corrected chi connectivity index (χ4v) is 1.70. The minimum Gasteiger partial charge on any atom is -1.00 e. The molecule has 0 radical (unpaired) electrons. The van der Waals surface area contributed by atoms with Crippen molar-refractivity contribution in [2.45, 2.75) is 31.5 Å². The third-order valence-corrected chi connectivity index (χ3v) is 2.27. The molecule has 1 saturated carbocycles. The normalized spacial score (nSPS) is 26.0. The summed E-state index contributed by atoms with van der Waals surface area (Å²) in [5, 5.41) is 0. The van der Waals surface area contributed by atoms with Gasteiger partial charge in [0.15, 0.2) is 5.79 Å². The molecule has 12 heavy (non-hydrogen) atoms. The van der Waals surface area contributed by atoms with Gasteiger partial charge in [-0.3, -0.25) is 0 Å². The van der Waals surface area contributed by atoms with Crippen LogP contribution in [0.5, 0.6) is 0 Å². The van der Waals surface area contributed by atoms with Crippen LogP contribution in [0.1, 0.15) is 25.7 Å². The van der Waals surface area contributed by atoms with Crippen LogP contribution in [0.25, 0.3) is 0 Å². The molecule has 2 nitrogen and oxygen atoms in total. The average Bonchev–Trinajstić information content (AvgIpc) is 2.39. The van der Waals surface area contributed by atoms with Crippen LogP contribution in [-0.2, 0) is 29.0 Å². The molecule has 1 spiro atoms. The summed E-state index contributed by atoms with van der Waals surface area (Å²) in [4.78, 5) is 0. The first-order valence-electron chi connectivity index (χ1n) is 4.01. The fourth-order valence-electron chi connectivity index (χ4n) is 1.70. The van der Waals surface area contributed by atoms with Crippen molar-refractivity contribution in [3.8, 4) is 0 Å². The first-order valence-corrected chi connectivity index (χ1v) is 4.01. The first kappa shape index (κ1) is 13.3. The molecule has 0 aromatic rings. The maximum Gasteiger partial charge on any atom is 2.00 e. The molecule has 0 aromatic heterocycles. The number of rotatable bonds is 0. The second kappa shape index (κ2) is 5.89. The van der Waals surface area contributed by atoms with Crippen molar-refractivity contribution >= 4 is 0 Å². The molecule has 2 rings (SSSR count). The molecule has 66 valence electrons. The molecule has 4 heteroatoms. The Bertz CT molecular complexity index is 118. The molecule has 0 bridgehead atoms. The number of ether oxygens (including phenoxy) is 2. The molecule has 1 heterocycles. The Morgan fingerprint density at radius 2 is 1.50 bits per heavy atom. The Labute approximate surface area is 104 Å². The predicted octanol–water partition coefficient (Wildman–Crippen LogP) is -1.49. The number of halogens is 1. The van der Waals surface area contributed by atoms with Gasteiger partial charge in [0.1, 0.15) is 0 Å². The quantitative estimate of drug-likeness (QED) is 0.306. The summed E-state index contributed by atoms with van der Waals surface area (Å²) in [5.41, 5.74) is 0. The Morgan fingerprint density at radius 3 is 2.00 bits per heavy atom. The van der Waals surface area contributed by atoms with E-state index in [2.05, 4.69) is 6.42 Å². The van der Waals surface area contributed by atoms with E-state index in [1.165, 1.54) is 0 Å². The van der Waals surface area contributed by atoms with Crippen molar-refractivity contribution in [1.82, 2.24) is 0 Å². The first-order chi connectivity index (χ1) is 4.91. The average molecular weight is 333 g/mol. The minimum absolute atomic E-state index is 0. The summed E-state index contributed by atoms with van der Waals surface area (Å²) in [7, 11) is 0. The topological polar surface area (TPSA) is 18.5 Å². The van der Waals surface area contributed by atoms with Gasteiger partial charge >= 0.3 is 19.5 Å². The van der Waals surface area contributed by atoms with Crippen LogP contribution in [0.4, 0.5) is 0 Å². The van der Waals surface area contributed by atoms with E-state index in [1.807, 2.05) is 0 Å². The van der Waals surface area contributed by atoms with Crippen LogP contribution in [0.3, 0.4) is 0 Å². The fraction of sp³-hybridized carbons (Fsp3) is 0.875. The second-order valence-electron chi connectivity index (χ2n) is 2.97. The van der Waals surface area contributed by atoms with Gasteiger partial charge in [-0.1, -0.05) is 0 Å². The van der Waals surface area contributed by atoms with Gasteiger partial charge in [0.2, 0.25) is 0 Å². The minimum atomic E-state index is -0.158. The van der Waals surface area contributed by atoms with Crippen LogP contribution in [0.2, 0.25) is 0 Å². The Balaban J connectivity index is 0.000000605. The third-order valence-electron chi connectivity index (χ3n) is 2.27. The van der Waals surface area contributed by atoms with Crippen molar-refractivity contribution in [2.24, 2.45) is 0 Å². The molecule has 1 saturated heterocycles. The van der Waals surface area contributed by atoms with E-state index in [0.717, 1.165) is 38.9 Å². The van der Waals surface area contributed by atoms with Gasteiger partial charge in [-0.05, 0) is 12.8 Å². The molecule has 2 aliphatic rings. The third kappa shape index (κ3) is 2.89. The number of hydrogen-bond donors (Lipinski definition) is 0. The molecule has 2 fully saturated rings. The summed E-state index contributed by atoms with van der Waals surface area (Å²) in [6.07, 6.45) is 6.75. The maximum absolute atomic E-state index is 5.54. The van der Waals surface area contributed by atoms with Crippen molar-refractivity contribution < 1.29 is 52.9 Å². The molecule has 1 aliphatic heterocycles. The summed E-state index contributed by atoms with van der Waals surface area (Å²) >= 11 is 0. The molecule has 0 N–H and O–H groups in total. The Hall–Kier alpha value is 1.27. The van der Waals surface area contributed by atoms with E-state index >= 15 is 0 Å². The summed E-state index contributed by atoms with van der Waals surface area (Å²) in [5.74, 6) is -0.158. The summed E-state index contributed by atoms with van der Waals surface area (Å²) in [6, 6.07) is 0. The van der Waals surface area contributed by atoms with E-state index in [9.17, 15) is 0 Å². The van der Waals surface area contributed by atoms with Crippen molar-refractivity contribution in [3.05, 3.63) is 6.42 Å². The molecular weight excluding hydrogens is 320 g/mol. The van der Waals surface area contributed by atoms with Crippen LogP contribution >= 0.6 is 0 Å². The zero-order valence-electron chi connectivity index (χ0n) is 7.22. The maximum atomic E-state index is 5.54.